The van der Waals surface area contributed by atoms with E-state index in [0.717, 1.165) is 6.20 Å². The van der Waals surface area contributed by atoms with E-state index in [2.05, 4.69) is 9.97 Å². The number of aromatic nitrogens is 2. The predicted octanol–water partition coefficient (Wildman–Crippen LogP) is 1.98. The third-order valence-electron chi connectivity index (χ3n) is 2.10. The van der Waals surface area contributed by atoms with Gasteiger partial charge in [0.2, 0.25) is 0 Å². The lowest BCUT2D eigenvalue weighted by molar-refractivity contribution is 0.0692. The van der Waals surface area contributed by atoms with Gasteiger partial charge in [-0.1, -0.05) is 0 Å². The molecule has 2 aromatic heterocycles. The maximum Gasteiger partial charge on any atom is 0.339 e. The summed E-state index contributed by atoms with van der Waals surface area (Å²) in [6.07, 6.45) is 5.22. The first-order valence-corrected chi connectivity index (χ1v) is 4.47. The molecule has 0 spiro atoms. The van der Waals surface area contributed by atoms with Crippen molar-refractivity contribution in [2.45, 2.75) is 0 Å². The number of carboxylic acid groups (broad SMARTS) is 1. The average Bonchev–Trinajstić information content (AvgIpc) is 2.29. The van der Waals surface area contributed by atoms with Crippen LogP contribution in [0.5, 0.6) is 0 Å². The third kappa shape index (κ3) is 1.75. The minimum atomic E-state index is -1.31. The maximum atomic E-state index is 13.3. The maximum absolute atomic E-state index is 13.3. The summed E-state index contributed by atoms with van der Waals surface area (Å²) in [5, 5.41) is 8.92. The van der Waals surface area contributed by atoms with Crippen LogP contribution >= 0.6 is 0 Å². The summed E-state index contributed by atoms with van der Waals surface area (Å²) in [6.45, 7) is 0. The molecule has 0 aliphatic carbocycles. The molecule has 0 saturated heterocycles. The second-order valence-corrected chi connectivity index (χ2v) is 3.08. The lowest BCUT2D eigenvalue weighted by Gasteiger charge is -2.05. The molecule has 0 saturated carbocycles. The van der Waals surface area contributed by atoms with Crippen molar-refractivity contribution in [1.82, 2.24) is 9.97 Å². The quantitative estimate of drug-likeness (QED) is 0.837. The fourth-order valence-electron chi connectivity index (χ4n) is 1.40. The molecule has 4 nitrogen and oxygen atoms in total. The number of carbonyl (C=O) groups is 1. The molecule has 1 N–H and O–H groups in total. The van der Waals surface area contributed by atoms with E-state index in [1.54, 1.807) is 12.1 Å². The van der Waals surface area contributed by atoms with Gasteiger partial charge in [-0.05, 0) is 17.7 Å². The van der Waals surface area contributed by atoms with Crippen molar-refractivity contribution in [3.63, 3.8) is 0 Å². The molecule has 2 aromatic rings. The summed E-state index contributed by atoms with van der Waals surface area (Å²) in [4.78, 5) is 18.4. The van der Waals surface area contributed by atoms with Crippen LogP contribution in [-0.4, -0.2) is 21.0 Å². The second-order valence-electron chi connectivity index (χ2n) is 3.08. The van der Waals surface area contributed by atoms with E-state index in [0.29, 0.717) is 5.56 Å². The Morgan fingerprint density at radius 2 is 1.88 bits per heavy atom. The first kappa shape index (κ1) is 10.2. The fraction of sp³-hybridized carbons (Fsp3) is 0. The highest BCUT2D eigenvalue weighted by atomic mass is 19.1. The summed E-state index contributed by atoms with van der Waals surface area (Å²) >= 11 is 0. The summed E-state index contributed by atoms with van der Waals surface area (Å²) in [7, 11) is 0. The van der Waals surface area contributed by atoms with Gasteiger partial charge in [0.1, 0.15) is 5.56 Å². The van der Waals surface area contributed by atoms with Gasteiger partial charge < -0.3 is 5.11 Å². The zero-order chi connectivity index (χ0) is 11.5. The first-order chi connectivity index (χ1) is 7.70. The van der Waals surface area contributed by atoms with Gasteiger partial charge in [0, 0.05) is 24.2 Å². The van der Waals surface area contributed by atoms with Crippen LogP contribution in [0, 0.1) is 5.82 Å². The SMILES string of the molecule is O=C(O)c1c(F)cncc1-c1ccncc1. The van der Waals surface area contributed by atoms with Crippen LogP contribution in [0.15, 0.2) is 36.9 Å². The lowest BCUT2D eigenvalue weighted by atomic mass is 10.0. The Labute approximate surface area is 90.4 Å². The van der Waals surface area contributed by atoms with Crippen LogP contribution in [0.25, 0.3) is 11.1 Å². The van der Waals surface area contributed by atoms with Crippen molar-refractivity contribution in [3.05, 3.63) is 48.3 Å². The lowest BCUT2D eigenvalue weighted by Crippen LogP contribution is -2.04. The summed E-state index contributed by atoms with van der Waals surface area (Å²) < 4.78 is 13.3. The molecule has 5 heteroatoms. The predicted molar refractivity (Wildman–Crippen MR) is 54.4 cm³/mol. The molecule has 0 amide bonds. The van der Waals surface area contributed by atoms with Gasteiger partial charge in [-0.3, -0.25) is 9.97 Å². The third-order valence-corrected chi connectivity index (χ3v) is 2.10. The number of pyridine rings is 2. The first-order valence-electron chi connectivity index (χ1n) is 4.47. The molecular formula is C11H7FN2O2. The van der Waals surface area contributed by atoms with Crippen molar-refractivity contribution < 1.29 is 14.3 Å². The van der Waals surface area contributed by atoms with Crippen molar-refractivity contribution in [1.29, 1.82) is 0 Å². The molecule has 2 heterocycles. The second kappa shape index (κ2) is 4.06. The molecule has 0 aromatic carbocycles. The van der Waals surface area contributed by atoms with Crippen LogP contribution in [0.3, 0.4) is 0 Å². The van der Waals surface area contributed by atoms with Gasteiger partial charge in [0.05, 0.1) is 6.20 Å². The molecule has 0 unspecified atom stereocenters. The number of hydrogen-bond donors (Lipinski definition) is 1. The van der Waals surface area contributed by atoms with Gasteiger partial charge in [-0.15, -0.1) is 0 Å². The van der Waals surface area contributed by atoms with Crippen molar-refractivity contribution >= 4 is 5.97 Å². The molecule has 0 radical (unpaired) electrons. The fourth-order valence-corrected chi connectivity index (χ4v) is 1.40. The number of halogens is 1. The molecule has 0 aliphatic rings. The van der Waals surface area contributed by atoms with E-state index in [1.165, 1.54) is 18.6 Å². The molecule has 2 rings (SSSR count). The van der Waals surface area contributed by atoms with E-state index in [-0.39, 0.29) is 11.1 Å². The number of nitrogens with zero attached hydrogens (tertiary/aromatic N) is 2. The summed E-state index contributed by atoms with van der Waals surface area (Å²) in [5.41, 5.74) is 0.440. The summed E-state index contributed by atoms with van der Waals surface area (Å²) in [5.74, 6) is -2.16. The Morgan fingerprint density at radius 1 is 1.19 bits per heavy atom. The van der Waals surface area contributed by atoms with Crippen LogP contribution in [0.2, 0.25) is 0 Å². The largest absolute Gasteiger partial charge is 0.478 e. The Kier molecular flexibility index (Phi) is 2.59. The van der Waals surface area contributed by atoms with Crippen LogP contribution < -0.4 is 0 Å². The molecule has 80 valence electrons. The van der Waals surface area contributed by atoms with Gasteiger partial charge >= 0.3 is 5.97 Å². The van der Waals surface area contributed by atoms with Crippen molar-refractivity contribution in [3.8, 4) is 11.1 Å². The van der Waals surface area contributed by atoms with E-state index in [4.69, 9.17) is 5.11 Å². The topological polar surface area (TPSA) is 63.1 Å². The molecule has 0 fully saturated rings. The van der Waals surface area contributed by atoms with E-state index < -0.39 is 11.8 Å². The van der Waals surface area contributed by atoms with Crippen LogP contribution in [0.1, 0.15) is 10.4 Å². The molecular weight excluding hydrogens is 211 g/mol. The van der Waals surface area contributed by atoms with Gasteiger partial charge in [0.25, 0.3) is 0 Å². The highest BCUT2D eigenvalue weighted by Crippen LogP contribution is 2.23. The van der Waals surface area contributed by atoms with E-state index in [9.17, 15) is 9.18 Å². The standard InChI is InChI=1S/C11H7FN2O2/c12-9-6-14-5-8(10(9)11(15)16)7-1-3-13-4-2-7/h1-6H,(H,15,16). The Hall–Kier alpha value is -2.30. The number of aromatic carboxylic acids is 1. The minimum Gasteiger partial charge on any atom is -0.478 e. The van der Waals surface area contributed by atoms with Crippen LogP contribution in [-0.2, 0) is 0 Å². The van der Waals surface area contributed by atoms with E-state index >= 15 is 0 Å². The van der Waals surface area contributed by atoms with Gasteiger partial charge in [-0.2, -0.15) is 0 Å². The van der Waals surface area contributed by atoms with Crippen LogP contribution in [0.4, 0.5) is 4.39 Å². The normalized spacial score (nSPS) is 10.1. The Morgan fingerprint density at radius 3 is 2.50 bits per heavy atom. The number of hydrogen-bond acceptors (Lipinski definition) is 3. The average molecular weight is 218 g/mol. The Bertz CT molecular complexity index is 529. The molecule has 0 atom stereocenters. The van der Waals surface area contributed by atoms with Gasteiger partial charge in [-0.25, -0.2) is 9.18 Å². The zero-order valence-corrected chi connectivity index (χ0v) is 8.09. The molecule has 0 bridgehead atoms. The smallest absolute Gasteiger partial charge is 0.339 e. The van der Waals surface area contributed by atoms with Crippen molar-refractivity contribution in [2.75, 3.05) is 0 Å². The molecule has 0 aliphatic heterocycles. The Balaban J connectivity index is 2.66. The van der Waals surface area contributed by atoms with Crippen molar-refractivity contribution in [2.24, 2.45) is 0 Å². The minimum absolute atomic E-state index is 0.245. The highest BCUT2D eigenvalue weighted by Gasteiger charge is 2.17. The molecule has 16 heavy (non-hydrogen) atoms. The summed E-state index contributed by atoms with van der Waals surface area (Å²) in [6, 6.07) is 3.20. The van der Waals surface area contributed by atoms with E-state index in [1.807, 2.05) is 0 Å². The monoisotopic (exact) mass is 218 g/mol. The zero-order valence-electron chi connectivity index (χ0n) is 8.09. The van der Waals surface area contributed by atoms with Gasteiger partial charge in [0.15, 0.2) is 5.82 Å². The number of rotatable bonds is 2. The highest BCUT2D eigenvalue weighted by molar-refractivity contribution is 5.95. The number of carboxylic acids is 1.